The van der Waals surface area contributed by atoms with Crippen LogP contribution in [0.25, 0.3) is 0 Å². The van der Waals surface area contributed by atoms with Crippen molar-refractivity contribution in [3.63, 3.8) is 0 Å². The molecule has 0 radical (unpaired) electrons. The average Bonchev–Trinajstić information content (AvgIpc) is 2.37. The van der Waals surface area contributed by atoms with Gasteiger partial charge in [0.25, 0.3) is 0 Å². The fraction of sp³-hybridized carbons (Fsp3) is 0.429. The Labute approximate surface area is 107 Å². The van der Waals surface area contributed by atoms with E-state index in [0.717, 1.165) is 11.3 Å². The fourth-order valence-electron chi connectivity index (χ4n) is 1.27. The maximum Gasteiger partial charge on any atom is 0.0547 e. The molecule has 92 valence electrons. The van der Waals surface area contributed by atoms with Crippen molar-refractivity contribution in [1.82, 2.24) is 0 Å². The number of benzene rings is 1. The normalized spacial score (nSPS) is 11.7. The molecule has 2 nitrogen and oxygen atoms in total. The maximum absolute atomic E-state index is 8.98. The summed E-state index contributed by atoms with van der Waals surface area (Å²) in [6, 6.07) is 8.01. The molecule has 2 N–H and O–H groups in total. The highest BCUT2D eigenvalue weighted by molar-refractivity contribution is 7.99. The van der Waals surface area contributed by atoms with Crippen LogP contribution in [0.4, 0.5) is 0 Å². The molecule has 0 saturated carbocycles. The van der Waals surface area contributed by atoms with Crippen LogP contribution in [0.2, 0.25) is 0 Å². The van der Waals surface area contributed by atoms with Crippen LogP contribution in [0.1, 0.15) is 24.5 Å². The lowest BCUT2D eigenvalue weighted by Crippen LogP contribution is -2.02. The zero-order chi connectivity index (χ0) is 12.5. The van der Waals surface area contributed by atoms with Crippen molar-refractivity contribution < 1.29 is 10.2 Å². The molecule has 1 atom stereocenters. The summed E-state index contributed by atoms with van der Waals surface area (Å²) in [6.07, 6.45) is 0.508. The molecule has 0 aliphatic rings. The van der Waals surface area contributed by atoms with E-state index in [1.807, 2.05) is 25.1 Å². The first-order chi connectivity index (χ1) is 8.27. The molecule has 0 saturated heterocycles. The van der Waals surface area contributed by atoms with Crippen LogP contribution in [-0.4, -0.2) is 28.7 Å². The minimum Gasteiger partial charge on any atom is -0.395 e. The highest BCUT2D eigenvalue weighted by Crippen LogP contribution is 2.19. The van der Waals surface area contributed by atoms with Gasteiger partial charge in [-0.25, -0.2) is 0 Å². The summed E-state index contributed by atoms with van der Waals surface area (Å²) < 4.78 is 0. The van der Waals surface area contributed by atoms with E-state index >= 15 is 0 Å². The standard InChI is InChI=1S/C14H18O2S/c1-12(10-16)17-11-14-8-3-2-6-13(14)7-4-5-9-15/h2-3,6,8,12,15-16H,5,9-11H2,1H3. The van der Waals surface area contributed by atoms with Crippen molar-refractivity contribution in [2.45, 2.75) is 24.3 Å². The Morgan fingerprint density at radius 2 is 2.06 bits per heavy atom. The number of thioether (sulfide) groups is 1. The smallest absolute Gasteiger partial charge is 0.0547 e. The van der Waals surface area contributed by atoms with Crippen LogP contribution in [0.15, 0.2) is 24.3 Å². The van der Waals surface area contributed by atoms with Crippen molar-refractivity contribution in [2.75, 3.05) is 13.2 Å². The van der Waals surface area contributed by atoms with Gasteiger partial charge in [0.15, 0.2) is 0 Å². The van der Waals surface area contributed by atoms with Crippen molar-refractivity contribution in [2.24, 2.45) is 0 Å². The van der Waals surface area contributed by atoms with E-state index in [-0.39, 0.29) is 18.5 Å². The van der Waals surface area contributed by atoms with Gasteiger partial charge in [-0.05, 0) is 11.6 Å². The second kappa shape index (κ2) is 8.19. The summed E-state index contributed by atoms with van der Waals surface area (Å²) >= 11 is 1.72. The molecular weight excluding hydrogens is 232 g/mol. The summed E-state index contributed by atoms with van der Waals surface area (Å²) in [5.74, 6) is 6.86. The van der Waals surface area contributed by atoms with Crippen molar-refractivity contribution in [3.8, 4) is 11.8 Å². The topological polar surface area (TPSA) is 40.5 Å². The number of hydrogen-bond acceptors (Lipinski definition) is 3. The molecule has 1 rings (SSSR count). The quantitative estimate of drug-likeness (QED) is 0.786. The predicted octanol–water partition coefficient (Wildman–Crippen LogP) is 2.03. The Morgan fingerprint density at radius 1 is 1.29 bits per heavy atom. The van der Waals surface area contributed by atoms with Crippen LogP contribution >= 0.6 is 11.8 Å². The van der Waals surface area contributed by atoms with Crippen LogP contribution in [-0.2, 0) is 5.75 Å². The molecule has 0 aromatic heterocycles. The summed E-state index contributed by atoms with van der Waals surface area (Å²) in [7, 11) is 0. The van der Waals surface area contributed by atoms with Gasteiger partial charge >= 0.3 is 0 Å². The Kier molecular flexibility index (Phi) is 6.80. The molecular formula is C14H18O2S. The first kappa shape index (κ1) is 14.1. The van der Waals surface area contributed by atoms with E-state index in [4.69, 9.17) is 10.2 Å². The van der Waals surface area contributed by atoms with Gasteiger partial charge in [-0.2, -0.15) is 11.8 Å². The summed E-state index contributed by atoms with van der Waals surface area (Å²) in [5, 5.41) is 17.9. The minimum absolute atomic E-state index is 0.103. The lowest BCUT2D eigenvalue weighted by molar-refractivity contribution is 0.300. The second-order valence-electron chi connectivity index (χ2n) is 3.74. The Bertz CT molecular complexity index is 393. The molecule has 0 aliphatic heterocycles. The minimum atomic E-state index is 0.103. The van der Waals surface area contributed by atoms with Gasteiger partial charge in [-0.3, -0.25) is 0 Å². The lowest BCUT2D eigenvalue weighted by Gasteiger charge is -2.08. The zero-order valence-electron chi connectivity index (χ0n) is 10.0. The molecule has 0 bridgehead atoms. The van der Waals surface area contributed by atoms with Gasteiger partial charge in [-0.1, -0.05) is 37.0 Å². The second-order valence-corrected chi connectivity index (χ2v) is 5.16. The van der Waals surface area contributed by atoms with Crippen LogP contribution in [0, 0.1) is 11.8 Å². The van der Waals surface area contributed by atoms with Gasteiger partial charge in [0, 0.05) is 23.0 Å². The van der Waals surface area contributed by atoms with Crippen molar-refractivity contribution in [1.29, 1.82) is 0 Å². The largest absolute Gasteiger partial charge is 0.395 e. The van der Waals surface area contributed by atoms with Gasteiger partial charge in [0.2, 0.25) is 0 Å². The molecule has 17 heavy (non-hydrogen) atoms. The number of aliphatic hydroxyl groups excluding tert-OH is 2. The van der Waals surface area contributed by atoms with Gasteiger partial charge in [0.1, 0.15) is 0 Å². The van der Waals surface area contributed by atoms with E-state index in [9.17, 15) is 0 Å². The van der Waals surface area contributed by atoms with E-state index in [0.29, 0.717) is 6.42 Å². The zero-order valence-corrected chi connectivity index (χ0v) is 10.8. The number of hydrogen-bond donors (Lipinski definition) is 2. The first-order valence-electron chi connectivity index (χ1n) is 5.68. The Balaban J connectivity index is 2.68. The summed E-state index contributed by atoms with van der Waals surface area (Å²) in [5.41, 5.74) is 2.20. The van der Waals surface area contributed by atoms with Crippen molar-refractivity contribution in [3.05, 3.63) is 35.4 Å². The predicted molar refractivity (Wildman–Crippen MR) is 72.9 cm³/mol. The van der Waals surface area contributed by atoms with Crippen LogP contribution in [0.3, 0.4) is 0 Å². The van der Waals surface area contributed by atoms with Gasteiger partial charge in [-0.15, -0.1) is 0 Å². The number of rotatable bonds is 5. The Morgan fingerprint density at radius 3 is 2.76 bits per heavy atom. The third-order valence-corrected chi connectivity index (χ3v) is 3.45. The average molecular weight is 250 g/mol. The molecule has 1 unspecified atom stereocenters. The monoisotopic (exact) mass is 250 g/mol. The molecule has 0 heterocycles. The SMILES string of the molecule is CC(CO)SCc1ccccc1C#CCCO. The van der Waals surface area contributed by atoms with Crippen molar-refractivity contribution >= 4 is 11.8 Å². The Hall–Kier alpha value is -0.950. The lowest BCUT2D eigenvalue weighted by atomic mass is 10.1. The fourth-order valence-corrected chi connectivity index (χ4v) is 2.09. The molecule has 0 aliphatic carbocycles. The van der Waals surface area contributed by atoms with E-state index in [1.54, 1.807) is 11.8 Å². The van der Waals surface area contributed by atoms with E-state index in [1.165, 1.54) is 5.56 Å². The van der Waals surface area contributed by atoms with Gasteiger partial charge in [0.05, 0.1) is 13.2 Å². The van der Waals surface area contributed by atoms with Crippen LogP contribution < -0.4 is 0 Å². The number of aliphatic hydroxyl groups is 2. The first-order valence-corrected chi connectivity index (χ1v) is 6.73. The van der Waals surface area contributed by atoms with E-state index < -0.39 is 0 Å². The third kappa shape index (κ3) is 5.27. The summed E-state index contributed by atoms with van der Waals surface area (Å²) in [6.45, 7) is 2.30. The van der Waals surface area contributed by atoms with Crippen LogP contribution in [0.5, 0.6) is 0 Å². The molecule has 0 spiro atoms. The molecule has 1 aromatic rings. The molecule has 0 fully saturated rings. The highest BCUT2D eigenvalue weighted by atomic mass is 32.2. The maximum atomic E-state index is 8.98. The third-order valence-electron chi connectivity index (χ3n) is 2.26. The summed E-state index contributed by atoms with van der Waals surface area (Å²) in [4.78, 5) is 0. The molecule has 1 aromatic carbocycles. The van der Waals surface area contributed by atoms with Gasteiger partial charge < -0.3 is 10.2 Å². The van der Waals surface area contributed by atoms with E-state index in [2.05, 4.69) is 17.9 Å². The molecule has 0 amide bonds. The molecule has 3 heteroatoms. The highest BCUT2D eigenvalue weighted by Gasteiger charge is 2.03.